The smallest absolute Gasteiger partial charge is 0.135 e. The minimum atomic E-state index is -0.146. The van der Waals surface area contributed by atoms with Crippen LogP contribution in [0.3, 0.4) is 0 Å². The molecule has 2 heteroatoms. The molecule has 1 aliphatic carbocycles. The van der Waals surface area contributed by atoms with Crippen LogP contribution in [0.2, 0.25) is 0 Å². The third kappa shape index (κ3) is 5.08. The molecule has 2 heterocycles. The minimum Gasteiger partial charge on any atom is -0.485 e. The van der Waals surface area contributed by atoms with Gasteiger partial charge in [0.05, 0.1) is 0 Å². The first-order valence-corrected chi connectivity index (χ1v) is 22.2. The molecule has 0 spiro atoms. The van der Waals surface area contributed by atoms with Crippen molar-refractivity contribution >= 4 is 59.4 Å². The van der Waals surface area contributed by atoms with Crippen LogP contribution in [0.1, 0.15) is 17.0 Å². The fraction of sp³-hybridized carbons (Fsp3) is 0.0323. The summed E-state index contributed by atoms with van der Waals surface area (Å²) in [4.78, 5) is 0. The van der Waals surface area contributed by atoms with Crippen molar-refractivity contribution in [2.45, 2.75) is 12.0 Å². The molecule has 14 rings (SSSR count). The van der Waals surface area contributed by atoms with Crippen LogP contribution >= 0.6 is 0 Å². The first-order chi connectivity index (χ1) is 31.8. The summed E-state index contributed by atoms with van der Waals surface area (Å²) in [6, 6.07) is 72.5. The van der Waals surface area contributed by atoms with Gasteiger partial charge >= 0.3 is 0 Å². The molecule has 2 unspecified atom stereocenters. The van der Waals surface area contributed by atoms with Crippen LogP contribution in [0.25, 0.3) is 104 Å². The summed E-state index contributed by atoms with van der Waals surface area (Å²) < 4.78 is 14.0. The van der Waals surface area contributed by atoms with E-state index in [0.717, 1.165) is 39.3 Å². The number of hydrogen-bond donors (Lipinski definition) is 0. The van der Waals surface area contributed by atoms with Crippen LogP contribution in [0, 0.1) is 0 Å². The molecule has 0 aromatic heterocycles. The molecule has 0 bridgehead atoms. The van der Waals surface area contributed by atoms with Gasteiger partial charge in [0.25, 0.3) is 0 Å². The average molecular weight is 815 g/mol. The van der Waals surface area contributed by atoms with Crippen molar-refractivity contribution < 1.29 is 9.47 Å². The Morgan fingerprint density at radius 1 is 0.344 bits per heavy atom. The van der Waals surface area contributed by atoms with Crippen LogP contribution in [0.5, 0.6) is 17.2 Å². The standard InChI is InChI=1S/C62H38O2/c1-3-16-37(17-4-1)57-42-20-7-11-24-46(42)59(47-25-12-8-21-43(47)57)39-30-32-41-52-36-56-61(51-28-15-29-53(62(51)52)63-54(41)34-39)50-33-31-40(35-55(50)64-56)60-48-26-13-9-22-44(48)58(38-18-5-2-6-19-38)45-23-10-14-27-49(45)60/h1-36,50,55H. The van der Waals surface area contributed by atoms with Gasteiger partial charge in [-0.05, 0) is 123 Å². The summed E-state index contributed by atoms with van der Waals surface area (Å²) in [5, 5.41) is 12.2. The topological polar surface area (TPSA) is 18.5 Å². The second-order valence-electron chi connectivity index (χ2n) is 17.3. The normalized spacial score (nSPS) is 15.8. The van der Waals surface area contributed by atoms with E-state index in [1.54, 1.807) is 0 Å². The van der Waals surface area contributed by atoms with Gasteiger partial charge in [-0.15, -0.1) is 0 Å². The first kappa shape index (κ1) is 35.4. The highest BCUT2D eigenvalue weighted by molar-refractivity contribution is 6.22. The third-order valence-electron chi connectivity index (χ3n) is 14.0. The number of hydrogen-bond acceptors (Lipinski definition) is 2. The molecule has 11 aromatic carbocycles. The lowest BCUT2D eigenvalue weighted by atomic mass is 9.81. The summed E-state index contributed by atoms with van der Waals surface area (Å²) >= 11 is 0. The van der Waals surface area contributed by atoms with E-state index in [0.29, 0.717) is 0 Å². The maximum atomic E-state index is 7.08. The van der Waals surface area contributed by atoms with E-state index in [9.17, 15) is 0 Å². The van der Waals surface area contributed by atoms with E-state index in [4.69, 9.17) is 9.47 Å². The van der Waals surface area contributed by atoms with Gasteiger partial charge in [0.1, 0.15) is 23.4 Å². The second kappa shape index (κ2) is 13.6. The Morgan fingerprint density at radius 3 is 1.38 bits per heavy atom. The number of allylic oxidation sites excluding steroid dienone is 2. The van der Waals surface area contributed by atoms with E-state index in [1.807, 2.05) is 0 Å². The average Bonchev–Trinajstić information content (AvgIpc) is 3.73. The number of benzene rings is 11. The molecule has 298 valence electrons. The van der Waals surface area contributed by atoms with Crippen LogP contribution in [-0.4, -0.2) is 6.10 Å². The number of fused-ring (bicyclic) bond motifs is 10. The molecule has 0 saturated carbocycles. The predicted molar refractivity (Wildman–Crippen MR) is 267 cm³/mol. The predicted octanol–water partition coefficient (Wildman–Crippen LogP) is 16.7. The minimum absolute atomic E-state index is 0.0772. The van der Waals surface area contributed by atoms with E-state index in [2.05, 4.69) is 218 Å². The SMILES string of the molecule is C1=CC2c3c(cc4c5c(cccc35)Oc3cc(-c5c6ccccc6c(-c6ccccc6)c6ccccc56)ccc3-4)OC2C=C1c1c2ccccc2c(-c2ccccc2)c2ccccc12. The fourth-order valence-electron chi connectivity index (χ4n) is 11.3. The monoisotopic (exact) mass is 814 g/mol. The summed E-state index contributed by atoms with van der Waals surface area (Å²) in [6.45, 7) is 0. The molecule has 2 nitrogen and oxygen atoms in total. The maximum absolute atomic E-state index is 7.08. The van der Waals surface area contributed by atoms with Gasteiger partial charge in [-0.3, -0.25) is 0 Å². The zero-order valence-corrected chi connectivity index (χ0v) is 34.8. The van der Waals surface area contributed by atoms with E-state index in [1.165, 1.54) is 93.0 Å². The van der Waals surface area contributed by atoms with Gasteiger partial charge in [-0.2, -0.15) is 0 Å². The second-order valence-corrected chi connectivity index (χ2v) is 17.3. The van der Waals surface area contributed by atoms with Crippen LogP contribution < -0.4 is 9.47 Å². The molecule has 0 N–H and O–H groups in total. The molecular weight excluding hydrogens is 777 g/mol. The summed E-state index contributed by atoms with van der Waals surface area (Å²) in [6.07, 6.45) is 6.92. The van der Waals surface area contributed by atoms with Gasteiger partial charge in [0, 0.05) is 28.0 Å². The zero-order valence-electron chi connectivity index (χ0n) is 34.8. The van der Waals surface area contributed by atoms with Crippen molar-refractivity contribution in [3.8, 4) is 61.8 Å². The summed E-state index contributed by atoms with van der Waals surface area (Å²) in [7, 11) is 0. The van der Waals surface area contributed by atoms with Gasteiger partial charge < -0.3 is 9.47 Å². The van der Waals surface area contributed by atoms with Crippen molar-refractivity contribution in [2.24, 2.45) is 0 Å². The highest BCUT2D eigenvalue weighted by Crippen LogP contribution is 2.56. The van der Waals surface area contributed by atoms with Crippen LogP contribution in [0.15, 0.2) is 218 Å². The molecule has 11 aromatic rings. The first-order valence-electron chi connectivity index (χ1n) is 22.2. The molecule has 0 amide bonds. The van der Waals surface area contributed by atoms with Gasteiger partial charge in [-0.25, -0.2) is 0 Å². The molecule has 3 aliphatic rings. The van der Waals surface area contributed by atoms with E-state index in [-0.39, 0.29) is 12.0 Å². The van der Waals surface area contributed by atoms with Crippen molar-refractivity contribution in [2.75, 3.05) is 0 Å². The Bertz CT molecular complexity index is 3730. The molecule has 64 heavy (non-hydrogen) atoms. The molecule has 0 saturated heterocycles. The Morgan fingerprint density at radius 2 is 0.828 bits per heavy atom. The lowest BCUT2D eigenvalue weighted by Crippen LogP contribution is -2.17. The van der Waals surface area contributed by atoms with E-state index >= 15 is 0 Å². The van der Waals surface area contributed by atoms with Crippen molar-refractivity contribution in [3.63, 3.8) is 0 Å². The van der Waals surface area contributed by atoms with Crippen LogP contribution in [-0.2, 0) is 0 Å². The van der Waals surface area contributed by atoms with Crippen molar-refractivity contribution in [1.29, 1.82) is 0 Å². The Kier molecular flexibility index (Phi) is 7.55. The van der Waals surface area contributed by atoms with E-state index < -0.39 is 0 Å². The maximum Gasteiger partial charge on any atom is 0.135 e. The zero-order chi connectivity index (χ0) is 41.9. The summed E-state index contributed by atoms with van der Waals surface area (Å²) in [5.41, 5.74) is 13.2. The highest BCUT2D eigenvalue weighted by atomic mass is 16.5. The molecular formula is C62H38O2. The largest absolute Gasteiger partial charge is 0.485 e. The lowest BCUT2D eigenvalue weighted by molar-refractivity contribution is 0.270. The number of rotatable bonds is 4. The fourth-order valence-corrected chi connectivity index (χ4v) is 11.3. The van der Waals surface area contributed by atoms with Gasteiger partial charge in [0.15, 0.2) is 0 Å². The third-order valence-corrected chi connectivity index (χ3v) is 14.0. The molecule has 2 atom stereocenters. The summed E-state index contributed by atoms with van der Waals surface area (Å²) in [5.74, 6) is 2.75. The quantitative estimate of drug-likeness (QED) is 0.165. The number of ether oxygens (including phenoxy) is 2. The Balaban J connectivity index is 0.896. The van der Waals surface area contributed by atoms with Crippen molar-refractivity contribution in [3.05, 3.63) is 230 Å². The molecule has 0 radical (unpaired) electrons. The van der Waals surface area contributed by atoms with Crippen molar-refractivity contribution in [1.82, 2.24) is 0 Å². The highest BCUT2D eigenvalue weighted by Gasteiger charge is 2.38. The van der Waals surface area contributed by atoms with Crippen LogP contribution in [0.4, 0.5) is 0 Å². The Labute approximate surface area is 370 Å². The molecule has 0 fully saturated rings. The van der Waals surface area contributed by atoms with Gasteiger partial charge in [-0.1, -0.05) is 188 Å². The molecule has 2 aliphatic heterocycles. The Hall–Kier alpha value is -8.20. The van der Waals surface area contributed by atoms with Gasteiger partial charge in [0.2, 0.25) is 0 Å². The lowest BCUT2D eigenvalue weighted by Gasteiger charge is -2.24.